The van der Waals surface area contributed by atoms with Gasteiger partial charge < -0.3 is 10.2 Å². The maximum Gasteiger partial charge on any atom is 0.128 e. The second-order valence-corrected chi connectivity index (χ2v) is 6.68. The largest absolute Gasteiger partial charge is 0.355 e. The normalized spacial score (nSPS) is 10.8. The van der Waals surface area contributed by atoms with Gasteiger partial charge in [-0.3, -0.25) is 0 Å². The van der Waals surface area contributed by atoms with E-state index >= 15 is 0 Å². The highest BCUT2D eigenvalue weighted by molar-refractivity contribution is 7.16. The molecule has 0 unspecified atom stereocenters. The van der Waals surface area contributed by atoms with E-state index in [1.807, 2.05) is 25.2 Å². The average Bonchev–Trinajstić information content (AvgIpc) is 2.83. The molecule has 6 heteroatoms. The molecule has 0 aromatic carbocycles. The topological polar surface area (TPSA) is 28.2 Å². The van der Waals surface area contributed by atoms with Crippen LogP contribution >= 0.6 is 34.5 Å². The van der Waals surface area contributed by atoms with E-state index in [-0.39, 0.29) is 0 Å². The monoisotopic (exact) mass is 329 g/mol. The van der Waals surface area contributed by atoms with E-state index < -0.39 is 0 Å². The zero-order valence-corrected chi connectivity index (χ0v) is 13.8. The van der Waals surface area contributed by atoms with E-state index in [0.29, 0.717) is 5.02 Å². The van der Waals surface area contributed by atoms with Crippen LogP contribution in [0.5, 0.6) is 0 Å². The molecule has 2 aromatic heterocycles. The molecule has 20 heavy (non-hydrogen) atoms. The number of rotatable bonds is 6. The first-order valence-electron chi connectivity index (χ1n) is 6.40. The number of hydrogen-bond acceptors (Lipinski definition) is 4. The number of pyridine rings is 1. The summed E-state index contributed by atoms with van der Waals surface area (Å²) in [7, 11) is 2.01. The fourth-order valence-corrected chi connectivity index (χ4v) is 3.13. The molecule has 0 radical (unpaired) electrons. The highest BCUT2D eigenvalue weighted by atomic mass is 35.5. The van der Waals surface area contributed by atoms with E-state index in [1.54, 1.807) is 17.5 Å². The van der Waals surface area contributed by atoms with Gasteiger partial charge in [-0.25, -0.2) is 4.98 Å². The first kappa shape index (κ1) is 15.6. The summed E-state index contributed by atoms with van der Waals surface area (Å²) < 4.78 is 0.810. The van der Waals surface area contributed by atoms with Crippen LogP contribution < -0.4 is 10.2 Å². The number of nitrogens with one attached hydrogen (secondary N) is 1. The Morgan fingerprint density at radius 2 is 2.15 bits per heavy atom. The van der Waals surface area contributed by atoms with Gasteiger partial charge in [0.05, 0.1) is 15.9 Å². The van der Waals surface area contributed by atoms with E-state index in [9.17, 15) is 0 Å². The van der Waals surface area contributed by atoms with Crippen molar-refractivity contribution >= 4 is 40.4 Å². The molecule has 0 fully saturated rings. The lowest BCUT2D eigenvalue weighted by Crippen LogP contribution is -2.18. The Labute approximate surface area is 133 Å². The molecule has 0 saturated heterocycles. The fraction of sp³-hybridized carbons (Fsp3) is 0.357. The van der Waals surface area contributed by atoms with Crippen LogP contribution in [0.1, 0.15) is 17.4 Å². The van der Waals surface area contributed by atoms with Crippen molar-refractivity contribution in [1.29, 1.82) is 0 Å². The van der Waals surface area contributed by atoms with Crippen molar-refractivity contribution in [3.8, 4) is 0 Å². The molecule has 0 saturated carbocycles. The minimum Gasteiger partial charge on any atom is -0.355 e. The molecule has 0 spiro atoms. The van der Waals surface area contributed by atoms with Gasteiger partial charge in [0, 0.05) is 24.7 Å². The Kier molecular flexibility index (Phi) is 5.66. The van der Waals surface area contributed by atoms with Crippen molar-refractivity contribution in [3.05, 3.63) is 44.2 Å². The van der Waals surface area contributed by atoms with Crippen molar-refractivity contribution in [2.75, 3.05) is 18.5 Å². The molecule has 0 aliphatic rings. The maximum absolute atomic E-state index is 6.16. The van der Waals surface area contributed by atoms with Crippen LogP contribution in [0.4, 0.5) is 5.82 Å². The molecule has 2 aromatic rings. The third-order valence-corrected chi connectivity index (χ3v) is 4.45. The standard InChI is InChI=1S/C14H17Cl2N3S/c1-3-17-7-10-6-14(18-8-12(10)15)19(2)9-11-4-5-13(16)20-11/h4-6,8,17H,3,7,9H2,1-2H3. The summed E-state index contributed by atoms with van der Waals surface area (Å²) in [6.07, 6.45) is 1.71. The van der Waals surface area contributed by atoms with Crippen LogP contribution in [-0.4, -0.2) is 18.6 Å². The molecular weight excluding hydrogens is 313 g/mol. The molecule has 0 bridgehead atoms. The van der Waals surface area contributed by atoms with Crippen molar-refractivity contribution in [2.24, 2.45) is 0 Å². The molecule has 0 aliphatic heterocycles. The molecule has 0 aliphatic carbocycles. The van der Waals surface area contributed by atoms with Gasteiger partial charge >= 0.3 is 0 Å². The number of halogens is 2. The van der Waals surface area contributed by atoms with Crippen molar-refractivity contribution in [1.82, 2.24) is 10.3 Å². The van der Waals surface area contributed by atoms with Gasteiger partial charge in [-0.05, 0) is 30.3 Å². The molecule has 1 N–H and O–H groups in total. The minimum atomic E-state index is 0.697. The molecule has 108 valence electrons. The van der Waals surface area contributed by atoms with Gasteiger partial charge in [0.15, 0.2) is 0 Å². The number of aromatic nitrogens is 1. The highest BCUT2D eigenvalue weighted by Gasteiger charge is 2.09. The van der Waals surface area contributed by atoms with Crippen LogP contribution in [0.2, 0.25) is 9.36 Å². The maximum atomic E-state index is 6.16. The first-order valence-corrected chi connectivity index (χ1v) is 7.98. The molecule has 0 atom stereocenters. The van der Waals surface area contributed by atoms with Crippen molar-refractivity contribution in [3.63, 3.8) is 0 Å². The highest BCUT2D eigenvalue weighted by Crippen LogP contribution is 2.25. The fourth-order valence-electron chi connectivity index (χ4n) is 1.82. The predicted octanol–water partition coefficient (Wildman–Crippen LogP) is 4.20. The Hall–Kier alpha value is -0.810. The van der Waals surface area contributed by atoms with Gasteiger partial charge in [-0.15, -0.1) is 11.3 Å². The average molecular weight is 330 g/mol. The molecule has 3 nitrogen and oxygen atoms in total. The lowest BCUT2D eigenvalue weighted by Gasteiger charge is -2.18. The lowest BCUT2D eigenvalue weighted by atomic mass is 10.2. The second kappa shape index (κ2) is 7.27. The second-order valence-electron chi connectivity index (χ2n) is 4.48. The van der Waals surface area contributed by atoms with E-state index in [0.717, 1.165) is 35.4 Å². The smallest absolute Gasteiger partial charge is 0.128 e. The number of thiophene rings is 1. The van der Waals surface area contributed by atoms with E-state index in [2.05, 4.69) is 22.1 Å². The zero-order chi connectivity index (χ0) is 14.5. The summed E-state index contributed by atoms with van der Waals surface area (Å²) in [6, 6.07) is 5.99. The number of anilines is 1. The molecule has 2 rings (SSSR count). The van der Waals surface area contributed by atoms with Gasteiger partial charge in [0.1, 0.15) is 5.82 Å². The van der Waals surface area contributed by atoms with Gasteiger partial charge in [0.2, 0.25) is 0 Å². The summed E-state index contributed by atoms with van der Waals surface area (Å²) in [4.78, 5) is 7.69. The summed E-state index contributed by atoms with van der Waals surface area (Å²) >= 11 is 13.7. The third-order valence-electron chi connectivity index (χ3n) is 2.90. The van der Waals surface area contributed by atoms with Gasteiger partial charge in [-0.1, -0.05) is 30.1 Å². The Bertz CT molecular complexity index is 571. The Balaban J connectivity index is 2.10. The SMILES string of the molecule is CCNCc1cc(N(C)Cc2ccc(Cl)s2)ncc1Cl. The van der Waals surface area contributed by atoms with Gasteiger partial charge in [0.25, 0.3) is 0 Å². The minimum absolute atomic E-state index is 0.697. The Morgan fingerprint density at radius 3 is 2.80 bits per heavy atom. The summed E-state index contributed by atoms with van der Waals surface area (Å²) in [5, 5.41) is 3.97. The predicted molar refractivity (Wildman–Crippen MR) is 88.1 cm³/mol. The molecule has 2 heterocycles. The van der Waals surface area contributed by atoms with Gasteiger partial charge in [-0.2, -0.15) is 0 Å². The van der Waals surface area contributed by atoms with Crippen LogP contribution in [0, 0.1) is 0 Å². The van der Waals surface area contributed by atoms with E-state index in [4.69, 9.17) is 23.2 Å². The summed E-state index contributed by atoms with van der Waals surface area (Å²) in [5.41, 5.74) is 1.06. The molecular formula is C14H17Cl2N3S. The summed E-state index contributed by atoms with van der Waals surface area (Å²) in [5.74, 6) is 0.909. The van der Waals surface area contributed by atoms with Crippen LogP contribution in [0.25, 0.3) is 0 Å². The quantitative estimate of drug-likeness (QED) is 0.860. The van der Waals surface area contributed by atoms with Crippen LogP contribution in [0.3, 0.4) is 0 Å². The molecule has 0 amide bonds. The summed E-state index contributed by atoms with van der Waals surface area (Å²) in [6.45, 7) is 4.52. The van der Waals surface area contributed by atoms with Crippen LogP contribution in [0.15, 0.2) is 24.4 Å². The third kappa shape index (κ3) is 4.09. The number of hydrogen-bond donors (Lipinski definition) is 1. The Morgan fingerprint density at radius 1 is 1.35 bits per heavy atom. The van der Waals surface area contributed by atoms with Crippen molar-refractivity contribution < 1.29 is 0 Å². The zero-order valence-electron chi connectivity index (χ0n) is 11.5. The van der Waals surface area contributed by atoms with Crippen molar-refractivity contribution in [2.45, 2.75) is 20.0 Å². The first-order chi connectivity index (χ1) is 9.60. The lowest BCUT2D eigenvalue weighted by molar-refractivity contribution is 0.725. The van der Waals surface area contributed by atoms with E-state index in [1.165, 1.54) is 4.88 Å². The number of nitrogens with zero attached hydrogens (tertiary/aromatic N) is 2. The van der Waals surface area contributed by atoms with Crippen LogP contribution in [-0.2, 0) is 13.1 Å².